The van der Waals surface area contributed by atoms with Crippen LogP contribution in [0.25, 0.3) is 10.8 Å². The Labute approximate surface area is 213 Å². The van der Waals surface area contributed by atoms with Crippen LogP contribution in [-0.4, -0.2) is 23.7 Å². The fourth-order valence-electron chi connectivity index (χ4n) is 4.99. The van der Waals surface area contributed by atoms with Crippen LogP contribution in [0.5, 0.6) is 0 Å². The maximum atomic E-state index is 5.26. The highest BCUT2D eigenvalue weighted by atomic mass is 32.2. The van der Waals surface area contributed by atoms with E-state index in [1.807, 2.05) is 11.8 Å². The number of benzene rings is 4. The lowest BCUT2D eigenvalue weighted by molar-refractivity contribution is 0.865. The van der Waals surface area contributed by atoms with Crippen LogP contribution in [0.1, 0.15) is 53.1 Å². The molecule has 0 spiro atoms. The maximum absolute atomic E-state index is 5.26. The quantitative estimate of drug-likeness (QED) is 0.202. The first-order chi connectivity index (χ1) is 16.9. The Morgan fingerprint density at radius 1 is 0.771 bits per heavy atom. The normalized spacial score (nSPS) is 15.1. The SMILES string of the molecule is Cc1cc(C)c(/N=C2/C(=N/CCSc3ccc(C(C)C)cc3)c3cccc4cccc2c34)c(C)c1. The number of nitrogens with zero attached hydrogens (tertiary/aromatic N) is 2. The van der Waals surface area contributed by atoms with Crippen molar-refractivity contribution in [2.45, 2.75) is 45.4 Å². The summed E-state index contributed by atoms with van der Waals surface area (Å²) in [6.07, 6.45) is 0. The van der Waals surface area contributed by atoms with Gasteiger partial charge in [-0.15, -0.1) is 11.8 Å². The molecular weight excluding hydrogens is 444 g/mol. The lowest BCUT2D eigenvalue weighted by atomic mass is 10.0. The van der Waals surface area contributed by atoms with Gasteiger partial charge in [0.15, 0.2) is 0 Å². The smallest absolute Gasteiger partial charge is 0.0974 e. The number of hydrogen-bond acceptors (Lipinski definition) is 3. The molecule has 0 bridgehead atoms. The molecule has 0 N–H and O–H groups in total. The summed E-state index contributed by atoms with van der Waals surface area (Å²) in [4.78, 5) is 11.7. The third kappa shape index (κ3) is 4.70. The Balaban J connectivity index is 1.48. The van der Waals surface area contributed by atoms with E-state index in [4.69, 9.17) is 9.98 Å². The molecule has 4 aromatic carbocycles. The predicted molar refractivity (Wildman–Crippen MR) is 153 cm³/mol. The molecule has 0 amide bonds. The van der Waals surface area contributed by atoms with E-state index in [1.165, 1.54) is 49.0 Å². The first kappa shape index (κ1) is 23.6. The minimum Gasteiger partial charge on any atom is -0.282 e. The van der Waals surface area contributed by atoms with Crippen LogP contribution in [0.3, 0.4) is 0 Å². The minimum atomic E-state index is 0.561. The lowest BCUT2D eigenvalue weighted by Crippen LogP contribution is -2.12. The molecule has 1 aliphatic rings. The van der Waals surface area contributed by atoms with E-state index >= 15 is 0 Å². The Kier molecular flexibility index (Phi) is 6.62. The summed E-state index contributed by atoms with van der Waals surface area (Å²) >= 11 is 1.87. The molecule has 0 fully saturated rings. The van der Waals surface area contributed by atoms with Crippen LogP contribution in [0.4, 0.5) is 5.69 Å². The highest BCUT2D eigenvalue weighted by Crippen LogP contribution is 2.35. The van der Waals surface area contributed by atoms with Crippen molar-refractivity contribution < 1.29 is 0 Å². The molecule has 176 valence electrons. The van der Waals surface area contributed by atoms with Crippen LogP contribution in [0.15, 0.2) is 87.7 Å². The number of rotatable bonds is 6. The summed E-state index contributed by atoms with van der Waals surface area (Å²) < 4.78 is 0. The topological polar surface area (TPSA) is 24.7 Å². The van der Waals surface area contributed by atoms with Gasteiger partial charge in [0, 0.05) is 33.7 Å². The molecule has 5 rings (SSSR count). The standard InChI is InChI=1S/C32H32N2S/c1-20(2)24-12-14-26(15-13-24)35-17-16-33-31-27-10-6-8-25-9-7-11-28(29(25)27)32(31)34-30-22(4)18-21(3)19-23(30)5/h6-15,18-20H,16-17H2,1-5H3/b33-31+,34-32+. The van der Waals surface area contributed by atoms with Gasteiger partial charge in [-0.2, -0.15) is 0 Å². The van der Waals surface area contributed by atoms with Gasteiger partial charge in [-0.3, -0.25) is 4.99 Å². The Morgan fingerprint density at radius 2 is 1.40 bits per heavy atom. The zero-order valence-corrected chi connectivity index (χ0v) is 22.0. The average Bonchev–Trinajstić information content (AvgIpc) is 3.13. The van der Waals surface area contributed by atoms with Gasteiger partial charge in [0.05, 0.1) is 17.1 Å². The van der Waals surface area contributed by atoms with Gasteiger partial charge in [0.2, 0.25) is 0 Å². The van der Waals surface area contributed by atoms with Crippen molar-refractivity contribution in [3.63, 3.8) is 0 Å². The van der Waals surface area contributed by atoms with Crippen LogP contribution in [0, 0.1) is 20.8 Å². The van der Waals surface area contributed by atoms with Crippen LogP contribution < -0.4 is 0 Å². The molecular formula is C32H32N2S. The van der Waals surface area contributed by atoms with Gasteiger partial charge in [-0.1, -0.05) is 80.1 Å². The van der Waals surface area contributed by atoms with Gasteiger partial charge in [0.25, 0.3) is 0 Å². The third-order valence-corrected chi connectivity index (χ3v) is 7.67. The van der Waals surface area contributed by atoms with E-state index in [2.05, 4.69) is 107 Å². The molecule has 0 saturated carbocycles. The van der Waals surface area contributed by atoms with E-state index in [-0.39, 0.29) is 0 Å². The van der Waals surface area contributed by atoms with E-state index in [9.17, 15) is 0 Å². The first-order valence-corrected chi connectivity index (χ1v) is 13.4. The van der Waals surface area contributed by atoms with E-state index in [0.717, 1.165) is 29.4 Å². The van der Waals surface area contributed by atoms with Gasteiger partial charge < -0.3 is 0 Å². The van der Waals surface area contributed by atoms with Gasteiger partial charge in [0.1, 0.15) is 0 Å². The summed E-state index contributed by atoms with van der Waals surface area (Å²) in [5, 5.41) is 2.52. The van der Waals surface area contributed by atoms with Crippen molar-refractivity contribution in [1.82, 2.24) is 0 Å². The van der Waals surface area contributed by atoms with Crippen molar-refractivity contribution in [3.8, 4) is 0 Å². The van der Waals surface area contributed by atoms with Gasteiger partial charge >= 0.3 is 0 Å². The molecule has 2 nitrogen and oxygen atoms in total. The molecule has 0 radical (unpaired) electrons. The van der Waals surface area contributed by atoms with Crippen molar-refractivity contribution in [2.24, 2.45) is 9.98 Å². The van der Waals surface area contributed by atoms with Crippen LogP contribution in [0.2, 0.25) is 0 Å². The molecule has 0 atom stereocenters. The molecule has 0 saturated heterocycles. The molecule has 0 aromatic heterocycles. The Bertz CT molecular complexity index is 1430. The summed E-state index contributed by atoms with van der Waals surface area (Å²) in [5.41, 5.74) is 10.5. The largest absolute Gasteiger partial charge is 0.282 e. The lowest BCUT2D eigenvalue weighted by Gasteiger charge is -2.10. The fraction of sp³-hybridized carbons (Fsp3) is 0.250. The zero-order chi connectivity index (χ0) is 24.5. The van der Waals surface area contributed by atoms with E-state index < -0.39 is 0 Å². The minimum absolute atomic E-state index is 0.561. The Morgan fingerprint density at radius 3 is 2.03 bits per heavy atom. The summed E-state index contributed by atoms with van der Waals surface area (Å²) in [6.45, 7) is 11.7. The monoisotopic (exact) mass is 476 g/mol. The van der Waals surface area contributed by atoms with Crippen molar-refractivity contribution in [1.29, 1.82) is 0 Å². The van der Waals surface area contributed by atoms with E-state index in [0.29, 0.717) is 5.92 Å². The highest BCUT2D eigenvalue weighted by molar-refractivity contribution is 7.99. The first-order valence-electron chi connectivity index (χ1n) is 12.4. The van der Waals surface area contributed by atoms with Crippen molar-refractivity contribution in [2.75, 3.05) is 12.3 Å². The molecule has 1 aliphatic carbocycles. The second-order valence-electron chi connectivity index (χ2n) is 9.72. The van der Waals surface area contributed by atoms with Gasteiger partial charge in [-0.05, 0) is 60.9 Å². The molecule has 35 heavy (non-hydrogen) atoms. The van der Waals surface area contributed by atoms with Crippen molar-refractivity contribution >= 4 is 39.6 Å². The average molecular weight is 477 g/mol. The summed E-state index contributed by atoms with van der Waals surface area (Å²) in [5.74, 6) is 1.50. The molecule has 0 heterocycles. The summed E-state index contributed by atoms with van der Waals surface area (Å²) in [6, 6.07) is 26.4. The van der Waals surface area contributed by atoms with Crippen molar-refractivity contribution in [3.05, 3.63) is 106 Å². The number of aliphatic imine (C=N–C) groups is 2. The Hall–Kier alpha value is -3.17. The predicted octanol–water partition coefficient (Wildman–Crippen LogP) is 8.60. The van der Waals surface area contributed by atoms with E-state index in [1.54, 1.807) is 0 Å². The number of aryl methyl sites for hydroxylation is 3. The zero-order valence-electron chi connectivity index (χ0n) is 21.2. The second kappa shape index (κ2) is 9.83. The summed E-state index contributed by atoms with van der Waals surface area (Å²) in [7, 11) is 0. The van der Waals surface area contributed by atoms with Gasteiger partial charge in [-0.25, -0.2) is 4.99 Å². The van der Waals surface area contributed by atoms with Crippen LogP contribution >= 0.6 is 11.8 Å². The fourth-order valence-corrected chi connectivity index (χ4v) is 5.74. The number of thioether (sulfide) groups is 1. The highest BCUT2D eigenvalue weighted by Gasteiger charge is 2.27. The molecule has 4 aromatic rings. The number of hydrogen-bond donors (Lipinski definition) is 0. The molecule has 0 unspecified atom stereocenters. The second-order valence-corrected chi connectivity index (χ2v) is 10.9. The molecule has 3 heteroatoms. The maximum Gasteiger partial charge on any atom is 0.0974 e. The molecule has 0 aliphatic heterocycles. The third-order valence-electron chi connectivity index (χ3n) is 6.67. The van der Waals surface area contributed by atoms with Crippen LogP contribution in [-0.2, 0) is 0 Å².